The molecule has 0 aromatic heterocycles. The fourth-order valence-electron chi connectivity index (χ4n) is 1.95. The van der Waals surface area contributed by atoms with Crippen molar-refractivity contribution in [3.05, 3.63) is 39.4 Å². The number of nitro benzene ring substituents is 1. The standard InChI is InChI=1S/C13H20N2O2S/c1-13(2,3)12-9-11(15(16)17)7-6-10(12)5-4-8-14-18/h6-7,9,14,18H,4-5,8H2,1-3H3. The van der Waals surface area contributed by atoms with Gasteiger partial charge in [-0.05, 0) is 29.4 Å². The second-order valence-corrected chi connectivity index (χ2v) is 5.68. The monoisotopic (exact) mass is 268 g/mol. The normalized spacial score (nSPS) is 11.6. The summed E-state index contributed by atoms with van der Waals surface area (Å²) in [5.74, 6) is 0. The van der Waals surface area contributed by atoms with Crippen molar-refractivity contribution in [1.82, 2.24) is 4.72 Å². The summed E-state index contributed by atoms with van der Waals surface area (Å²) in [7, 11) is 0. The van der Waals surface area contributed by atoms with Crippen LogP contribution in [0.3, 0.4) is 0 Å². The van der Waals surface area contributed by atoms with Gasteiger partial charge in [-0.2, -0.15) is 0 Å². The van der Waals surface area contributed by atoms with Crippen LogP contribution in [0.4, 0.5) is 5.69 Å². The van der Waals surface area contributed by atoms with Crippen LogP contribution in [0.25, 0.3) is 0 Å². The maximum absolute atomic E-state index is 10.8. The highest BCUT2D eigenvalue weighted by atomic mass is 32.1. The van der Waals surface area contributed by atoms with E-state index in [1.54, 1.807) is 12.1 Å². The van der Waals surface area contributed by atoms with E-state index < -0.39 is 0 Å². The van der Waals surface area contributed by atoms with Crippen molar-refractivity contribution in [2.24, 2.45) is 0 Å². The van der Waals surface area contributed by atoms with Gasteiger partial charge in [0, 0.05) is 18.7 Å². The van der Waals surface area contributed by atoms with Crippen molar-refractivity contribution in [1.29, 1.82) is 0 Å². The Balaban J connectivity index is 3.05. The summed E-state index contributed by atoms with van der Waals surface area (Å²) < 4.78 is 2.81. The summed E-state index contributed by atoms with van der Waals surface area (Å²) in [5, 5.41) is 10.8. The number of nitrogens with one attached hydrogen (secondary N) is 1. The minimum atomic E-state index is -0.339. The summed E-state index contributed by atoms with van der Waals surface area (Å²) in [5.41, 5.74) is 2.30. The third-order valence-electron chi connectivity index (χ3n) is 2.85. The fraction of sp³-hybridized carbons (Fsp3) is 0.538. The van der Waals surface area contributed by atoms with Crippen LogP contribution in [0.2, 0.25) is 0 Å². The maximum Gasteiger partial charge on any atom is 0.269 e. The third kappa shape index (κ3) is 3.99. The molecule has 0 heterocycles. The van der Waals surface area contributed by atoms with Crippen LogP contribution < -0.4 is 4.72 Å². The lowest BCUT2D eigenvalue weighted by Crippen LogP contribution is -2.15. The Morgan fingerprint density at radius 2 is 2.06 bits per heavy atom. The molecule has 0 bridgehead atoms. The average molecular weight is 268 g/mol. The molecule has 0 radical (unpaired) electrons. The molecule has 0 saturated carbocycles. The average Bonchev–Trinajstić information content (AvgIpc) is 2.28. The zero-order valence-corrected chi connectivity index (χ0v) is 12.0. The largest absolute Gasteiger partial charge is 0.269 e. The van der Waals surface area contributed by atoms with Crippen molar-refractivity contribution in [2.75, 3.05) is 6.54 Å². The lowest BCUT2D eigenvalue weighted by molar-refractivity contribution is -0.385. The van der Waals surface area contributed by atoms with Gasteiger partial charge in [-0.3, -0.25) is 14.8 Å². The van der Waals surface area contributed by atoms with Gasteiger partial charge in [-0.15, -0.1) is 0 Å². The number of hydrogen-bond donors (Lipinski definition) is 2. The molecule has 0 unspecified atom stereocenters. The molecule has 5 heteroatoms. The van der Waals surface area contributed by atoms with Crippen LogP contribution in [-0.4, -0.2) is 11.5 Å². The molecule has 1 aromatic carbocycles. The number of aryl methyl sites for hydroxylation is 1. The Morgan fingerprint density at radius 3 is 2.56 bits per heavy atom. The number of nitrogens with zero attached hydrogens (tertiary/aromatic N) is 1. The number of nitro groups is 1. The third-order valence-corrected chi connectivity index (χ3v) is 3.07. The number of hydrogen-bond acceptors (Lipinski definition) is 4. The molecule has 18 heavy (non-hydrogen) atoms. The summed E-state index contributed by atoms with van der Waals surface area (Å²) in [6.07, 6.45) is 1.86. The molecule has 1 aromatic rings. The molecule has 0 amide bonds. The lowest BCUT2D eigenvalue weighted by Gasteiger charge is -2.22. The molecule has 0 aliphatic carbocycles. The van der Waals surface area contributed by atoms with Crippen LogP contribution in [0, 0.1) is 10.1 Å². The highest BCUT2D eigenvalue weighted by molar-refractivity contribution is 7.78. The molecule has 4 nitrogen and oxygen atoms in total. The smallest absolute Gasteiger partial charge is 0.267 e. The molecule has 1 N–H and O–H groups in total. The summed E-state index contributed by atoms with van der Waals surface area (Å²) in [4.78, 5) is 10.5. The van der Waals surface area contributed by atoms with E-state index in [9.17, 15) is 10.1 Å². The van der Waals surface area contributed by atoms with Crippen LogP contribution in [-0.2, 0) is 11.8 Å². The van der Waals surface area contributed by atoms with Crippen molar-refractivity contribution in [3.63, 3.8) is 0 Å². The van der Waals surface area contributed by atoms with Crippen LogP contribution in [0.5, 0.6) is 0 Å². The first-order chi connectivity index (χ1) is 8.36. The van der Waals surface area contributed by atoms with E-state index in [1.807, 2.05) is 6.07 Å². The Kier molecular flexibility index (Phi) is 5.16. The number of non-ortho nitro benzene ring substituents is 1. The first kappa shape index (κ1) is 15.0. The van der Waals surface area contributed by atoms with Gasteiger partial charge in [-0.25, -0.2) is 0 Å². The quantitative estimate of drug-likeness (QED) is 0.373. The molecule has 0 aliphatic rings. The Bertz CT molecular complexity index is 427. The SMILES string of the molecule is CC(C)(C)c1cc([N+](=O)[O-])ccc1CCCNS. The van der Waals surface area contributed by atoms with Crippen LogP contribution >= 0.6 is 12.8 Å². The van der Waals surface area contributed by atoms with E-state index in [0.29, 0.717) is 0 Å². The molecule has 100 valence electrons. The zero-order valence-electron chi connectivity index (χ0n) is 11.1. The number of benzene rings is 1. The Labute approximate surface area is 113 Å². The number of rotatable bonds is 5. The van der Waals surface area contributed by atoms with E-state index in [1.165, 1.54) is 5.56 Å². The Morgan fingerprint density at radius 1 is 1.39 bits per heavy atom. The minimum Gasteiger partial charge on any atom is -0.267 e. The van der Waals surface area contributed by atoms with Gasteiger partial charge in [0.2, 0.25) is 0 Å². The predicted molar refractivity (Wildman–Crippen MR) is 77.1 cm³/mol. The topological polar surface area (TPSA) is 55.2 Å². The van der Waals surface area contributed by atoms with E-state index in [2.05, 4.69) is 38.3 Å². The van der Waals surface area contributed by atoms with Gasteiger partial charge < -0.3 is 0 Å². The van der Waals surface area contributed by atoms with Gasteiger partial charge in [-0.1, -0.05) is 39.7 Å². The molecule has 0 fully saturated rings. The van der Waals surface area contributed by atoms with Crippen molar-refractivity contribution < 1.29 is 4.92 Å². The van der Waals surface area contributed by atoms with Crippen LogP contribution in [0.1, 0.15) is 38.3 Å². The lowest BCUT2D eigenvalue weighted by atomic mass is 9.82. The first-order valence-electron chi connectivity index (χ1n) is 6.01. The summed E-state index contributed by atoms with van der Waals surface area (Å²) in [6.45, 7) is 7.05. The van der Waals surface area contributed by atoms with Gasteiger partial charge in [0.1, 0.15) is 0 Å². The molecular weight excluding hydrogens is 248 g/mol. The van der Waals surface area contributed by atoms with E-state index in [0.717, 1.165) is 24.9 Å². The summed E-state index contributed by atoms with van der Waals surface area (Å²) >= 11 is 3.95. The molecule has 0 spiro atoms. The van der Waals surface area contributed by atoms with Crippen molar-refractivity contribution in [2.45, 2.75) is 39.0 Å². The molecule has 0 atom stereocenters. The number of thiol groups is 1. The molecule has 0 saturated heterocycles. The van der Waals surface area contributed by atoms with E-state index in [-0.39, 0.29) is 16.0 Å². The fourth-order valence-corrected chi connectivity index (χ4v) is 2.11. The van der Waals surface area contributed by atoms with Crippen molar-refractivity contribution in [3.8, 4) is 0 Å². The van der Waals surface area contributed by atoms with E-state index in [4.69, 9.17) is 0 Å². The predicted octanol–water partition coefficient (Wildman–Crippen LogP) is 3.26. The van der Waals surface area contributed by atoms with Gasteiger partial charge in [0.05, 0.1) is 4.92 Å². The van der Waals surface area contributed by atoms with Gasteiger partial charge in [0.15, 0.2) is 0 Å². The van der Waals surface area contributed by atoms with Crippen LogP contribution in [0.15, 0.2) is 18.2 Å². The summed E-state index contributed by atoms with van der Waals surface area (Å²) in [6, 6.07) is 5.15. The second-order valence-electron chi connectivity index (χ2n) is 5.36. The van der Waals surface area contributed by atoms with E-state index >= 15 is 0 Å². The highest BCUT2D eigenvalue weighted by Crippen LogP contribution is 2.30. The molecule has 0 aliphatic heterocycles. The minimum absolute atomic E-state index is 0.0876. The zero-order chi connectivity index (χ0) is 13.8. The molecule has 1 rings (SSSR count). The second kappa shape index (κ2) is 6.20. The molecular formula is C13H20N2O2S. The Hall–Kier alpha value is -1.07. The highest BCUT2D eigenvalue weighted by Gasteiger charge is 2.20. The maximum atomic E-state index is 10.8. The van der Waals surface area contributed by atoms with Gasteiger partial charge in [0.25, 0.3) is 5.69 Å². The first-order valence-corrected chi connectivity index (χ1v) is 6.45. The van der Waals surface area contributed by atoms with Crippen molar-refractivity contribution >= 4 is 18.5 Å². The van der Waals surface area contributed by atoms with Gasteiger partial charge >= 0.3 is 0 Å².